The van der Waals surface area contributed by atoms with E-state index in [1.807, 2.05) is 37.2 Å². The number of anilines is 1. The normalized spacial score (nSPS) is 20.0. The Morgan fingerprint density at radius 1 is 1.33 bits per heavy atom. The lowest BCUT2D eigenvalue weighted by Crippen LogP contribution is -2.21. The van der Waals surface area contributed by atoms with E-state index >= 15 is 0 Å². The number of fused-ring (bicyclic) bond motifs is 1. The highest BCUT2D eigenvalue weighted by Crippen LogP contribution is 2.50. The minimum atomic E-state index is -0.465. The Morgan fingerprint density at radius 2 is 2.07 bits per heavy atom. The van der Waals surface area contributed by atoms with E-state index in [1.165, 1.54) is 0 Å². The van der Waals surface area contributed by atoms with Crippen LogP contribution < -0.4 is 9.64 Å². The van der Waals surface area contributed by atoms with Crippen LogP contribution in [-0.4, -0.2) is 25.5 Å². The summed E-state index contributed by atoms with van der Waals surface area (Å²) in [5.41, 5.74) is 1.33. The number of carbonyl (C=O) groups excluding carboxylic acids is 1. The summed E-state index contributed by atoms with van der Waals surface area (Å²) < 4.78 is 5.68. The standard InChI is InChI=1S/C12H13NO2/c1-13(2)8-3-4-10-9(7-8)11(14)12(15-10)5-6-12/h3-4,7H,5-6H2,1-2H3. The van der Waals surface area contributed by atoms with E-state index in [0.29, 0.717) is 0 Å². The van der Waals surface area contributed by atoms with Crippen molar-refractivity contribution < 1.29 is 9.53 Å². The van der Waals surface area contributed by atoms with Crippen LogP contribution >= 0.6 is 0 Å². The Kier molecular flexibility index (Phi) is 1.48. The van der Waals surface area contributed by atoms with Crippen molar-refractivity contribution in [1.29, 1.82) is 0 Å². The smallest absolute Gasteiger partial charge is 0.210 e. The molecular weight excluding hydrogens is 190 g/mol. The fourth-order valence-corrected chi connectivity index (χ4v) is 2.01. The molecule has 3 heteroatoms. The molecule has 2 aliphatic rings. The Labute approximate surface area is 88.6 Å². The number of ether oxygens (including phenoxy) is 1. The first-order valence-electron chi connectivity index (χ1n) is 5.18. The Morgan fingerprint density at radius 3 is 2.67 bits per heavy atom. The maximum absolute atomic E-state index is 12.0. The van der Waals surface area contributed by atoms with Gasteiger partial charge in [-0.2, -0.15) is 0 Å². The molecule has 0 unspecified atom stereocenters. The first-order valence-corrected chi connectivity index (χ1v) is 5.18. The third-order valence-corrected chi connectivity index (χ3v) is 3.15. The van der Waals surface area contributed by atoms with Gasteiger partial charge in [0.1, 0.15) is 5.75 Å². The second-order valence-electron chi connectivity index (χ2n) is 4.50. The highest BCUT2D eigenvalue weighted by Gasteiger charge is 2.57. The summed E-state index contributed by atoms with van der Waals surface area (Å²) in [4.78, 5) is 14.0. The molecule has 0 amide bonds. The minimum Gasteiger partial charge on any atom is -0.478 e. The number of hydrogen-bond donors (Lipinski definition) is 0. The predicted octanol–water partition coefficient (Wildman–Crippen LogP) is 1.86. The van der Waals surface area contributed by atoms with E-state index in [-0.39, 0.29) is 5.78 Å². The number of ketones is 1. The van der Waals surface area contributed by atoms with Crippen molar-refractivity contribution in [2.75, 3.05) is 19.0 Å². The minimum absolute atomic E-state index is 0.168. The molecule has 1 aromatic rings. The highest BCUT2D eigenvalue weighted by molar-refractivity contribution is 6.09. The third-order valence-electron chi connectivity index (χ3n) is 3.15. The summed E-state index contributed by atoms with van der Waals surface area (Å²) in [7, 11) is 3.93. The van der Waals surface area contributed by atoms with Crippen molar-refractivity contribution in [2.24, 2.45) is 0 Å². The predicted molar refractivity (Wildman–Crippen MR) is 57.7 cm³/mol. The van der Waals surface area contributed by atoms with Crippen molar-refractivity contribution in [2.45, 2.75) is 18.4 Å². The summed E-state index contributed by atoms with van der Waals surface area (Å²) in [6.45, 7) is 0. The van der Waals surface area contributed by atoms with Gasteiger partial charge in [0.15, 0.2) is 5.60 Å². The zero-order valence-corrected chi connectivity index (χ0v) is 8.91. The van der Waals surface area contributed by atoms with Gasteiger partial charge in [-0.25, -0.2) is 0 Å². The molecule has 78 valence electrons. The van der Waals surface area contributed by atoms with Gasteiger partial charge in [0.05, 0.1) is 5.56 Å². The molecular formula is C12H13NO2. The average molecular weight is 203 g/mol. The van der Waals surface area contributed by atoms with Crippen LogP contribution in [0.5, 0.6) is 5.75 Å². The lowest BCUT2D eigenvalue weighted by Gasteiger charge is -2.12. The molecule has 15 heavy (non-hydrogen) atoms. The van der Waals surface area contributed by atoms with Crippen LogP contribution in [0.15, 0.2) is 18.2 Å². The zero-order valence-electron chi connectivity index (χ0n) is 8.91. The van der Waals surface area contributed by atoms with Gasteiger partial charge in [0, 0.05) is 19.8 Å². The average Bonchev–Trinajstić information content (AvgIpc) is 2.92. The Hall–Kier alpha value is -1.51. The van der Waals surface area contributed by atoms with Crippen molar-refractivity contribution in [3.05, 3.63) is 23.8 Å². The summed E-state index contributed by atoms with van der Waals surface area (Å²) in [5, 5.41) is 0. The largest absolute Gasteiger partial charge is 0.478 e. The summed E-state index contributed by atoms with van der Waals surface area (Å²) in [6, 6.07) is 5.80. The van der Waals surface area contributed by atoms with E-state index in [1.54, 1.807) is 0 Å². The monoisotopic (exact) mass is 203 g/mol. The van der Waals surface area contributed by atoms with E-state index in [2.05, 4.69) is 0 Å². The van der Waals surface area contributed by atoms with Gasteiger partial charge >= 0.3 is 0 Å². The van der Waals surface area contributed by atoms with E-state index < -0.39 is 5.60 Å². The van der Waals surface area contributed by atoms with Crippen molar-refractivity contribution >= 4 is 11.5 Å². The maximum atomic E-state index is 12.0. The molecule has 0 bridgehead atoms. The van der Waals surface area contributed by atoms with Crippen LogP contribution in [-0.2, 0) is 0 Å². The van der Waals surface area contributed by atoms with Crippen LogP contribution in [0.3, 0.4) is 0 Å². The van der Waals surface area contributed by atoms with E-state index in [0.717, 1.165) is 29.8 Å². The van der Waals surface area contributed by atoms with Gasteiger partial charge in [-0.3, -0.25) is 4.79 Å². The van der Waals surface area contributed by atoms with Gasteiger partial charge in [0.25, 0.3) is 0 Å². The molecule has 0 N–H and O–H groups in total. The summed E-state index contributed by atoms with van der Waals surface area (Å²) >= 11 is 0. The third kappa shape index (κ3) is 1.09. The molecule has 1 fully saturated rings. The molecule has 1 aliphatic heterocycles. The topological polar surface area (TPSA) is 29.5 Å². The lowest BCUT2D eigenvalue weighted by atomic mass is 10.1. The molecule has 0 saturated heterocycles. The first-order chi connectivity index (χ1) is 7.12. The van der Waals surface area contributed by atoms with E-state index in [4.69, 9.17) is 4.74 Å². The van der Waals surface area contributed by atoms with Gasteiger partial charge in [-0.1, -0.05) is 0 Å². The molecule has 1 aromatic carbocycles. The molecule has 3 rings (SSSR count). The van der Waals surface area contributed by atoms with E-state index in [9.17, 15) is 4.79 Å². The van der Waals surface area contributed by atoms with Crippen LogP contribution in [0.25, 0.3) is 0 Å². The Balaban J connectivity index is 2.08. The highest BCUT2D eigenvalue weighted by atomic mass is 16.5. The zero-order chi connectivity index (χ0) is 10.6. The molecule has 1 spiro atoms. The SMILES string of the molecule is CN(C)c1ccc2c(c1)C(=O)C1(CC1)O2. The van der Waals surface area contributed by atoms with Crippen molar-refractivity contribution in [1.82, 2.24) is 0 Å². The van der Waals surface area contributed by atoms with Crippen LogP contribution in [0.4, 0.5) is 5.69 Å². The number of carbonyl (C=O) groups is 1. The van der Waals surface area contributed by atoms with Gasteiger partial charge in [0.2, 0.25) is 5.78 Å². The second kappa shape index (κ2) is 2.54. The number of hydrogen-bond acceptors (Lipinski definition) is 3. The van der Waals surface area contributed by atoms with Crippen molar-refractivity contribution in [3.63, 3.8) is 0 Å². The molecule has 0 radical (unpaired) electrons. The van der Waals surface area contributed by atoms with Crippen molar-refractivity contribution in [3.8, 4) is 5.75 Å². The first kappa shape index (κ1) is 8.77. The lowest BCUT2D eigenvalue weighted by molar-refractivity contribution is 0.0820. The van der Waals surface area contributed by atoms with Gasteiger partial charge < -0.3 is 9.64 Å². The van der Waals surface area contributed by atoms with Gasteiger partial charge in [-0.15, -0.1) is 0 Å². The molecule has 1 aliphatic carbocycles. The fourth-order valence-electron chi connectivity index (χ4n) is 2.01. The van der Waals surface area contributed by atoms with Crippen LogP contribution in [0, 0.1) is 0 Å². The van der Waals surface area contributed by atoms with Crippen LogP contribution in [0.1, 0.15) is 23.2 Å². The second-order valence-corrected chi connectivity index (χ2v) is 4.50. The number of rotatable bonds is 1. The fraction of sp³-hybridized carbons (Fsp3) is 0.417. The number of Topliss-reactive ketones (excluding diaryl/α,β-unsaturated/α-hetero) is 1. The molecule has 0 aromatic heterocycles. The summed E-state index contributed by atoms with van der Waals surface area (Å²) in [5.74, 6) is 0.921. The van der Waals surface area contributed by atoms with Crippen LogP contribution in [0.2, 0.25) is 0 Å². The summed E-state index contributed by atoms with van der Waals surface area (Å²) in [6.07, 6.45) is 1.75. The molecule has 0 atom stereocenters. The maximum Gasteiger partial charge on any atom is 0.210 e. The quantitative estimate of drug-likeness (QED) is 0.697. The Bertz CT molecular complexity index is 447. The molecule has 1 saturated carbocycles. The van der Waals surface area contributed by atoms with Gasteiger partial charge in [-0.05, 0) is 31.0 Å². The molecule has 1 heterocycles. The number of nitrogens with zero attached hydrogens (tertiary/aromatic N) is 1. The number of benzene rings is 1. The molecule has 3 nitrogen and oxygen atoms in total.